The van der Waals surface area contributed by atoms with Crippen LogP contribution in [0.1, 0.15) is 56.8 Å². The smallest absolute Gasteiger partial charge is 0.263 e. The number of hydrogen-bond acceptors (Lipinski definition) is 3. The summed E-state index contributed by atoms with van der Waals surface area (Å²) in [4.78, 5) is 12.7. The van der Waals surface area contributed by atoms with Gasteiger partial charge in [0.15, 0.2) is 0 Å². The lowest BCUT2D eigenvalue weighted by Crippen LogP contribution is -2.39. The second kappa shape index (κ2) is 13.2. The van der Waals surface area contributed by atoms with Crippen LogP contribution >= 0.6 is 11.3 Å². The maximum absolute atomic E-state index is 13.6. The Morgan fingerprint density at radius 1 is 1.07 bits per heavy atom. The van der Waals surface area contributed by atoms with Gasteiger partial charge in [-0.25, -0.2) is 17.6 Å². The maximum Gasteiger partial charge on any atom is 0.263 e. The molecule has 0 saturated carbocycles. The first-order chi connectivity index (χ1) is 14.1. The van der Waals surface area contributed by atoms with E-state index in [0.29, 0.717) is 15.5 Å². The topological polar surface area (TPSA) is 41.1 Å². The minimum absolute atomic E-state index is 0.352. The van der Waals surface area contributed by atoms with Crippen LogP contribution in [0.15, 0.2) is 36.4 Å². The molecule has 2 aromatic rings. The Morgan fingerprint density at radius 2 is 1.60 bits per heavy atom. The van der Waals surface area contributed by atoms with Gasteiger partial charge in [0.1, 0.15) is 17.2 Å². The van der Waals surface area contributed by atoms with Crippen LogP contribution in [-0.4, -0.2) is 24.9 Å². The van der Waals surface area contributed by atoms with Gasteiger partial charge in [-0.3, -0.25) is 4.79 Å². The number of halogens is 4. The van der Waals surface area contributed by atoms with Crippen molar-refractivity contribution in [3.8, 4) is 0 Å². The third-order valence-electron chi connectivity index (χ3n) is 3.69. The van der Waals surface area contributed by atoms with Crippen molar-refractivity contribution in [3.63, 3.8) is 0 Å². The summed E-state index contributed by atoms with van der Waals surface area (Å²) in [6.45, 7) is 10.5. The third kappa shape index (κ3) is 7.91. The second-order valence-electron chi connectivity index (χ2n) is 5.79. The van der Waals surface area contributed by atoms with Crippen molar-refractivity contribution < 1.29 is 22.4 Å². The third-order valence-corrected chi connectivity index (χ3v) is 4.83. The fraction of sp³-hybridized carbons (Fsp3) is 0.409. The van der Waals surface area contributed by atoms with Crippen LogP contribution in [0.4, 0.5) is 22.6 Å². The van der Waals surface area contributed by atoms with Gasteiger partial charge < -0.3 is 10.6 Å². The fourth-order valence-electron chi connectivity index (χ4n) is 2.32. The lowest BCUT2D eigenvalue weighted by molar-refractivity contribution is -0.0000466. The molecule has 0 aliphatic rings. The van der Waals surface area contributed by atoms with Gasteiger partial charge in [0.2, 0.25) is 0 Å². The Morgan fingerprint density at radius 3 is 2.07 bits per heavy atom. The number of allylic oxidation sites excluding steroid dienone is 1. The van der Waals surface area contributed by atoms with Crippen molar-refractivity contribution in [2.24, 2.45) is 0 Å². The van der Waals surface area contributed by atoms with Crippen LogP contribution < -0.4 is 10.6 Å². The van der Waals surface area contributed by atoms with Gasteiger partial charge in [0.25, 0.3) is 11.8 Å². The number of carbonyl (C=O) groups is 1. The number of benzene rings is 1. The van der Waals surface area contributed by atoms with E-state index >= 15 is 0 Å². The Kier molecular flexibility index (Phi) is 12.2. The largest absolute Gasteiger partial charge is 0.313 e. The van der Waals surface area contributed by atoms with E-state index in [2.05, 4.69) is 10.6 Å². The molecule has 0 spiro atoms. The van der Waals surface area contributed by atoms with Crippen molar-refractivity contribution in [2.75, 3.05) is 12.4 Å². The molecule has 1 heterocycles. The van der Waals surface area contributed by atoms with Crippen LogP contribution in [-0.2, 0) is 0 Å². The van der Waals surface area contributed by atoms with E-state index < -0.39 is 35.1 Å². The van der Waals surface area contributed by atoms with Crippen molar-refractivity contribution in [2.45, 2.75) is 53.5 Å². The average molecular weight is 447 g/mol. The SMILES string of the molecule is CC.CC.CNC(/C=C(\C)c1ccc(NC(=O)c2c(F)cccc2F)s1)C(C)(F)F. The van der Waals surface area contributed by atoms with E-state index in [4.69, 9.17) is 0 Å². The highest BCUT2D eigenvalue weighted by molar-refractivity contribution is 7.17. The first-order valence-corrected chi connectivity index (χ1v) is 10.5. The van der Waals surface area contributed by atoms with Gasteiger partial charge in [-0.1, -0.05) is 39.8 Å². The van der Waals surface area contributed by atoms with Gasteiger partial charge >= 0.3 is 0 Å². The molecule has 1 aromatic heterocycles. The number of likely N-dealkylation sites (N-methyl/N-ethyl adjacent to an activating group) is 1. The quantitative estimate of drug-likeness (QED) is 0.470. The molecule has 0 bridgehead atoms. The predicted octanol–water partition coefficient (Wildman–Crippen LogP) is 6.98. The highest BCUT2D eigenvalue weighted by Crippen LogP contribution is 2.30. The molecule has 0 saturated heterocycles. The van der Waals surface area contributed by atoms with Gasteiger partial charge in [0.05, 0.1) is 11.0 Å². The van der Waals surface area contributed by atoms with E-state index in [1.54, 1.807) is 19.1 Å². The maximum atomic E-state index is 13.6. The molecule has 1 aromatic carbocycles. The number of anilines is 1. The molecule has 8 heteroatoms. The van der Waals surface area contributed by atoms with E-state index in [0.717, 1.165) is 30.4 Å². The summed E-state index contributed by atoms with van der Waals surface area (Å²) in [5.74, 6) is -5.77. The molecule has 168 valence electrons. The molecule has 0 fully saturated rings. The van der Waals surface area contributed by atoms with Crippen LogP contribution in [0, 0.1) is 11.6 Å². The number of alkyl halides is 2. The monoisotopic (exact) mass is 446 g/mol. The summed E-state index contributed by atoms with van der Waals surface area (Å²) in [5, 5.41) is 5.31. The molecule has 0 aliphatic heterocycles. The fourth-order valence-corrected chi connectivity index (χ4v) is 3.20. The predicted molar refractivity (Wildman–Crippen MR) is 118 cm³/mol. The van der Waals surface area contributed by atoms with E-state index in [9.17, 15) is 22.4 Å². The first-order valence-electron chi connectivity index (χ1n) is 9.72. The highest BCUT2D eigenvalue weighted by atomic mass is 32.1. The molecule has 30 heavy (non-hydrogen) atoms. The molecule has 0 aliphatic carbocycles. The molecule has 1 atom stereocenters. The summed E-state index contributed by atoms with van der Waals surface area (Å²) in [5.41, 5.74) is -0.0796. The number of nitrogens with one attached hydrogen (secondary N) is 2. The van der Waals surface area contributed by atoms with Crippen molar-refractivity contribution in [3.05, 3.63) is 58.5 Å². The number of thiophene rings is 1. The Bertz CT molecular complexity index is 809. The molecule has 0 radical (unpaired) electrons. The summed E-state index contributed by atoms with van der Waals surface area (Å²) in [6, 6.07) is 5.20. The first kappa shape index (κ1) is 27.8. The highest BCUT2D eigenvalue weighted by Gasteiger charge is 2.31. The van der Waals surface area contributed by atoms with Crippen molar-refractivity contribution >= 4 is 27.8 Å². The van der Waals surface area contributed by atoms with Gasteiger partial charge in [-0.15, -0.1) is 11.3 Å². The summed E-state index contributed by atoms with van der Waals surface area (Å²) in [7, 11) is 1.44. The van der Waals surface area contributed by atoms with Crippen LogP contribution in [0.5, 0.6) is 0 Å². The molecular weight excluding hydrogens is 416 g/mol. The number of rotatable bonds is 6. The molecular formula is C22H30F4N2OS. The number of amides is 1. The van der Waals surface area contributed by atoms with E-state index in [1.807, 2.05) is 27.7 Å². The Balaban J connectivity index is 0.00000198. The molecule has 1 amide bonds. The number of carbonyl (C=O) groups excluding carboxylic acids is 1. The normalized spacial score (nSPS) is 12.2. The van der Waals surface area contributed by atoms with Crippen LogP contribution in [0.2, 0.25) is 0 Å². The van der Waals surface area contributed by atoms with Gasteiger partial charge in [0, 0.05) is 11.8 Å². The minimum Gasteiger partial charge on any atom is -0.313 e. The van der Waals surface area contributed by atoms with Crippen LogP contribution in [0.25, 0.3) is 5.57 Å². The molecule has 2 N–H and O–H groups in total. The average Bonchev–Trinajstić information content (AvgIpc) is 3.16. The second-order valence-corrected chi connectivity index (χ2v) is 6.87. The van der Waals surface area contributed by atoms with Gasteiger partial charge in [-0.2, -0.15) is 0 Å². The zero-order chi connectivity index (χ0) is 23.5. The molecule has 3 nitrogen and oxygen atoms in total. The van der Waals surface area contributed by atoms with Crippen molar-refractivity contribution in [1.29, 1.82) is 0 Å². The number of hydrogen-bond donors (Lipinski definition) is 2. The van der Waals surface area contributed by atoms with Crippen LogP contribution in [0.3, 0.4) is 0 Å². The minimum atomic E-state index is -2.94. The molecule has 2 rings (SSSR count). The summed E-state index contributed by atoms with van der Waals surface area (Å²) < 4.78 is 54.2. The zero-order valence-corrected chi connectivity index (χ0v) is 19.2. The standard InChI is InChI=1S/C18H18F4N2OS.2C2H6/c1-10(9-14(23-3)18(2,21)22)13-7-8-15(26-13)24-17(25)16-11(19)5-4-6-12(16)20;2*1-2/h4-9,14,23H,1-3H3,(H,24,25);2*1-2H3/b10-9+;;. The summed E-state index contributed by atoms with van der Waals surface area (Å²) in [6.07, 6.45) is 1.40. The van der Waals surface area contributed by atoms with Gasteiger partial charge in [-0.05, 0) is 43.8 Å². The molecule has 1 unspecified atom stereocenters. The lowest BCUT2D eigenvalue weighted by Gasteiger charge is -2.20. The lowest BCUT2D eigenvalue weighted by atomic mass is 10.1. The van der Waals surface area contributed by atoms with E-state index in [-0.39, 0.29) is 0 Å². The Labute approximate surface area is 180 Å². The van der Waals surface area contributed by atoms with Crippen molar-refractivity contribution in [1.82, 2.24) is 5.32 Å². The van der Waals surface area contributed by atoms with E-state index in [1.165, 1.54) is 19.2 Å². The summed E-state index contributed by atoms with van der Waals surface area (Å²) >= 11 is 1.12. The Hall–Kier alpha value is -2.19. The zero-order valence-electron chi connectivity index (χ0n) is 18.4.